The number of esters is 1. The second-order valence-corrected chi connectivity index (χ2v) is 5.98. The first-order valence-corrected chi connectivity index (χ1v) is 7.82. The van der Waals surface area contributed by atoms with Crippen molar-refractivity contribution in [3.8, 4) is 0 Å². The first-order valence-electron chi connectivity index (χ1n) is 7.82. The number of hydrogen-bond donors (Lipinski definition) is 1. The van der Waals surface area contributed by atoms with Crippen molar-refractivity contribution in [1.82, 2.24) is 4.98 Å². The van der Waals surface area contributed by atoms with Crippen LogP contribution in [-0.2, 0) is 4.74 Å². The molecule has 1 N–H and O–H groups in total. The molecule has 24 heavy (non-hydrogen) atoms. The van der Waals surface area contributed by atoms with E-state index < -0.39 is 0 Å². The van der Waals surface area contributed by atoms with E-state index in [0.717, 1.165) is 28.0 Å². The number of methoxy groups -OCH3 is 1. The number of benzene rings is 2. The van der Waals surface area contributed by atoms with E-state index in [1.54, 1.807) is 6.07 Å². The topological polar surface area (TPSA) is 51.2 Å². The minimum atomic E-state index is -0.352. The quantitative estimate of drug-likeness (QED) is 0.711. The van der Waals surface area contributed by atoms with Crippen LogP contribution in [0.4, 0.5) is 11.4 Å². The maximum absolute atomic E-state index is 11.8. The Hall–Kier alpha value is -2.88. The van der Waals surface area contributed by atoms with Crippen LogP contribution in [0.3, 0.4) is 0 Å². The van der Waals surface area contributed by atoms with E-state index in [1.165, 1.54) is 18.2 Å². The monoisotopic (exact) mass is 320 g/mol. The lowest BCUT2D eigenvalue weighted by atomic mass is 10.1. The number of ether oxygens (including phenoxy) is 1. The molecule has 0 atom stereocenters. The molecule has 0 aliphatic heterocycles. The average Bonchev–Trinajstić information content (AvgIpc) is 2.56. The standard InChI is InChI=1S/C20H20N2O2/c1-12-5-7-17(13(2)9-12)22-19-10-14(3)21-18-8-6-15(11-16(18)19)20(23)24-4/h5-11H,1-4H3,(H,21,22). The highest BCUT2D eigenvalue weighted by Crippen LogP contribution is 2.29. The van der Waals surface area contributed by atoms with Gasteiger partial charge in [0, 0.05) is 22.5 Å². The maximum atomic E-state index is 11.8. The highest BCUT2D eigenvalue weighted by molar-refractivity contribution is 5.99. The van der Waals surface area contributed by atoms with Gasteiger partial charge in [-0.3, -0.25) is 4.98 Å². The van der Waals surface area contributed by atoms with Crippen LogP contribution in [-0.4, -0.2) is 18.1 Å². The molecule has 0 fully saturated rings. The molecule has 0 radical (unpaired) electrons. The zero-order valence-corrected chi connectivity index (χ0v) is 14.3. The predicted molar refractivity (Wildman–Crippen MR) is 97.0 cm³/mol. The van der Waals surface area contributed by atoms with Gasteiger partial charge in [-0.1, -0.05) is 17.7 Å². The van der Waals surface area contributed by atoms with Crippen LogP contribution < -0.4 is 5.32 Å². The van der Waals surface area contributed by atoms with Crippen molar-refractivity contribution >= 4 is 28.2 Å². The molecule has 2 aromatic carbocycles. The summed E-state index contributed by atoms with van der Waals surface area (Å²) in [5.74, 6) is -0.352. The third-order valence-corrected chi connectivity index (χ3v) is 4.01. The Kier molecular flexibility index (Phi) is 4.21. The largest absolute Gasteiger partial charge is 0.465 e. The number of pyridine rings is 1. The van der Waals surface area contributed by atoms with Crippen molar-refractivity contribution in [2.75, 3.05) is 12.4 Å². The molecule has 0 aliphatic rings. The Morgan fingerprint density at radius 2 is 1.79 bits per heavy atom. The van der Waals surface area contributed by atoms with Crippen LogP contribution in [0.15, 0.2) is 42.5 Å². The molecule has 4 nitrogen and oxygen atoms in total. The van der Waals surface area contributed by atoms with Gasteiger partial charge in [-0.2, -0.15) is 0 Å². The van der Waals surface area contributed by atoms with Gasteiger partial charge in [0.05, 0.1) is 18.2 Å². The van der Waals surface area contributed by atoms with Gasteiger partial charge in [0.25, 0.3) is 0 Å². The maximum Gasteiger partial charge on any atom is 0.337 e. The summed E-state index contributed by atoms with van der Waals surface area (Å²) in [6.45, 7) is 6.11. The van der Waals surface area contributed by atoms with E-state index in [1.807, 2.05) is 25.1 Å². The second-order valence-electron chi connectivity index (χ2n) is 5.98. The van der Waals surface area contributed by atoms with Crippen molar-refractivity contribution in [3.05, 3.63) is 64.8 Å². The molecule has 0 amide bonds. The molecule has 122 valence electrons. The summed E-state index contributed by atoms with van der Waals surface area (Å²) < 4.78 is 4.82. The molecule has 0 unspecified atom stereocenters. The molecule has 1 aromatic heterocycles. The Morgan fingerprint density at radius 3 is 2.50 bits per heavy atom. The molecule has 3 aromatic rings. The summed E-state index contributed by atoms with van der Waals surface area (Å²) in [6.07, 6.45) is 0. The number of hydrogen-bond acceptors (Lipinski definition) is 4. The molecular weight excluding hydrogens is 300 g/mol. The van der Waals surface area contributed by atoms with Crippen LogP contribution in [0.1, 0.15) is 27.2 Å². The minimum Gasteiger partial charge on any atom is -0.465 e. The van der Waals surface area contributed by atoms with Gasteiger partial charge < -0.3 is 10.1 Å². The molecule has 0 saturated heterocycles. The molecular formula is C20H20N2O2. The molecule has 0 bridgehead atoms. The third kappa shape index (κ3) is 3.08. The van der Waals surface area contributed by atoms with E-state index in [0.29, 0.717) is 5.56 Å². The number of carbonyl (C=O) groups excluding carboxylic acids is 1. The Balaban J connectivity index is 2.12. The summed E-state index contributed by atoms with van der Waals surface area (Å²) in [7, 11) is 1.38. The molecule has 0 spiro atoms. The van der Waals surface area contributed by atoms with Gasteiger partial charge in [-0.05, 0) is 56.7 Å². The summed E-state index contributed by atoms with van der Waals surface area (Å²) >= 11 is 0. The lowest BCUT2D eigenvalue weighted by Crippen LogP contribution is -2.02. The molecule has 4 heteroatoms. The second kappa shape index (κ2) is 6.32. The highest BCUT2D eigenvalue weighted by atomic mass is 16.5. The van der Waals surface area contributed by atoms with Gasteiger partial charge in [0.1, 0.15) is 0 Å². The van der Waals surface area contributed by atoms with E-state index in [9.17, 15) is 4.79 Å². The Morgan fingerprint density at radius 1 is 1.00 bits per heavy atom. The van der Waals surface area contributed by atoms with Crippen LogP contribution in [0.25, 0.3) is 10.9 Å². The predicted octanol–water partition coefficient (Wildman–Crippen LogP) is 4.69. The van der Waals surface area contributed by atoms with Gasteiger partial charge in [-0.15, -0.1) is 0 Å². The van der Waals surface area contributed by atoms with Crippen LogP contribution in [0.2, 0.25) is 0 Å². The third-order valence-electron chi connectivity index (χ3n) is 4.01. The number of fused-ring (bicyclic) bond motifs is 1. The zero-order valence-electron chi connectivity index (χ0n) is 14.3. The molecule has 3 rings (SSSR count). The number of aryl methyl sites for hydroxylation is 3. The van der Waals surface area contributed by atoms with Gasteiger partial charge in [0.15, 0.2) is 0 Å². The Labute approximate surface area is 141 Å². The lowest BCUT2D eigenvalue weighted by Gasteiger charge is -2.14. The first-order chi connectivity index (χ1) is 11.5. The fourth-order valence-corrected chi connectivity index (χ4v) is 2.81. The van der Waals surface area contributed by atoms with Crippen molar-refractivity contribution in [1.29, 1.82) is 0 Å². The normalized spacial score (nSPS) is 10.7. The zero-order chi connectivity index (χ0) is 17.3. The van der Waals surface area contributed by atoms with Crippen molar-refractivity contribution in [2.45, 2.75) is 20.8 Å². The van der Waals surface area contributed by atoms with Gasteiger partial charge in [-0.25, -0.2) is 4.79 Å². The fourth-order valence-electron chi connectivity index (χ4n) is 2.81. The van der Waals surface area contributed by atoms with Crippen LogP contribution >= 0.6 is 0 Å². The number of aromatic nitrogens is 1. The van der Waals surface area contributed by atoms with E-state index in [-0.39, 0.29) is 5.97 Å². The Bertz CT molecular complexity index is 932. The van der Waals surface area contributed by atoms with Crippen molar-refractivity contribution < 1.29 is 9.53 Å². The summed E-state index contributed by atoms with van der Waals surface area (Å²) in [6, 6.07) is 13.7. The molecule has 0 aliphatic carbocycles. The number of nitrogens with zero attached hydrogens (tertiary/aromatic N) is 1. The summed E-state index contributed by atoms with van der Waals surface area (Å²) in [5.41, 5.74) is 6.63. The smallest absolute Gasteiger partial charge is 0.337 e. The minimum absolute atomic E-state index is 0.352. The van der Waals surface area contributed by atoms with E-state index in [2.05, 4.69) is 42.3 Å². The molecule has 0 saturated carbocycles. The number of carbonyl (C=O) groups is 1. The molecule has 1 heterocycles. The number of anilines is 2. The highest BCUT2D eigenvalue weighted by Gasteiger charge is 2.11. The van der Waals surface area contributed by atoms with Crippen LogP contribution in [0.5, 0.6) is 0 Å². The van der Waals surface area contributed by atoms with E-state index in [4.69, 9.17) is 4.74 Å². The van der Waals surface area contributed by atoms with Crippen LogP contribution in [0, 0.1) is 20.8 Å². The van der Waals surface area contributed by atoms with Gasteiger partial charge >= 0.3 is 5.97 Å². The van der Waals surface area contributed by atoms with Crippen molar-refractivity contribution in [3.63, 3.8) is 0 Å². The first kappa shape index (κ1) is 16.0. The SMILES string of the molecule is COC(=O)c1ccc2nc(C)cc(Nc3ccc(C)cc3C)c2c1. The summed E-state index contributed by atoms with van der Waals surface area (Å²) in [5, 5.41) is 4.37. The average molecular weight is 320 g/mol. The lowest BCUT2D eigenvalue weighted by molar-refractivity contribution is 0.0601. The fraction of sp³-hybridized carbons (Fsp3) is 0.200. The van der Waals surface area contributed by atoms with Crippen molar-refractivity contribution in [2.24, 2.45) is 0 Å². The van der Waals surface area contributed by atoms with Gasteiger partial charge in [0.2, 0.25) is 0 Å². The van der Waals surface area contributed by atoms with E-state index >= 15 is 0 Å². The summed E-state index contributed by atoms with van der Waals surface area (Å²) in [4.78, 5) is 16.4. The number of nitrogens with one attached hydrogen (secondary N) is 1. The number of rotatable bonds is 3.